The van der Waals surface area contributed by atoms with E-state index in [-0.39, 0.29) is 5.91 Å². The fourth-order valence-corrected chi connectivity index (χ4v) is 1.73. The number of aryl methyl sites for hydroxylation is 1. The molecule has 0 fully saturated rings. The van der Waals surface area contributed by atoms with Crippen LogP contribution in [-0.2, 0) is 17.8 Å². The summed E-state index contributed by atoms with van der Waals surface area (Å²) < 4.78 is 4.83. The quantitative estimate of drug-likeness (QED) is 0.903. The van der Waals surface area contributed by atoms with E-state index in [0.29, 0.717) is 24.4 Å². The van der Waals surface area contributed by atoms with Crippen molar-refractivity contribution in [1.29, 1.82) is 0 Å². The first-order chi connectivity index (χ1) is 8.75. The lowest BCUT2D eigenvalue weighted by Crippen LogP contribution is -2.23. The number of carbonyl (C=O) groups is 1. The monoisotopic (exact) mass is 264 g/mol. The fourth-order valence-electron chi connectivity index (χ4n) is 1.53. The van der Waals surface area contributed by atoms with Gasteiger partial charge in [-0.15, -0.1) is 0 Å². The Morgan fingerprint density at radius 2 is 2.22 bits per heavy atom. The molecule has 0 unspecified atom stereocenters. The van der Waals surface area contributed by atoms with Gasteiger partial charge in [0, 0.05) is 24.4 Å². The Morgan fingerprint density at radius 3 is 2.94 bits per heavy atom. The summed E-state index contributed by atoms with van der Waals surface area (Å²) in [6, 6.07) is 7.44. The normalized spacial score (nSPS) is 10.3. The van der Waals surface area contributed by atoms with Gasteiger partial charge in [-0.25, -0.2) is 4.98 Å². The van der Waals surface area contributed by atoms with Crippen LogP contribution in [0.5, 0.6) is 0 Å². The molecule has 0 aliphatic heterocycles. The van der Waals surface area contributed by atoms with Crippen LogP contribution >= 0.6 is 11.6 Å². The third-order valence-electron chi connectivity index (χ3n) is 2.53. The summed E-state index contributed by atoms with van der Waals surface area (Å²) >= 11 is 5.99. The molecular weight excluding hydrogens is 252 g/mol. The number of carbonyl (C=O) groups excluding carboxylic acids is 1. The molecule has 1 N–H and O–H groups in total. The molecule has 1 heterocycles. The van der Waals surface area contributed by atoms with Crippen molar-refractivity contribution in [3.8, 4) is 0 Å². The predicted octanol–water partition coefficient (Wildman–Crippen LogP) is 2.58. The van der Waals surface area contributed by atoms with E-state index in [1.807, 2.05) is 18.2 Å². The van der Waals surface area contributed by atoms with E-state index in [1.54, 1.807) is 12.3 Å². The van der Waals surface area contributed by atoms with Gasteiger partial charge in [0.05, 0.1) is 5.69 Å². The number of oxazole rings is 1. The molecule has 0 saturated carbocycles. The first-order valence-corrected chi connectivity index (χ1v) is 6.00. The van der Waals surface area contributed by atoms with Crippen molar-refractivity contribution in [3.05, 3.63) is 53.2 Å². The minimum atomic E-state index is -0.0297. The van der Waals surface area contributed by atoms with E-state index in [2.05, 4.69) is 10.3 Å². The number of hydrogen-bond acceptors (Lipinski definition) is 3. The Labute approximate surface area is 110 Å². The van der Waals surface area contributed by atoms with Crippen molar-refractivity contribution in [2.75, 3.05) is 0 Å². The maximum Gasteiger partial charge on any atom is 0.220 e. The topological polar surface area (TPSA) is 55.1 Å². The van der Waals surface area contributed by atoms with Gasteiger partial charge in [-0.2, -0.15) is 0 Å². The standard InChI is InChI=1S/C13H13ClN2O2/c14-12-4-2-1-3-10(12)7-15-13(17)6-5-11-8-18-9-16-11/h1-4,8-9H,5-7H2,(H,15,17). The maximum absolute atomic E-state index is 11.6. The lowest BCUT2D eigenvalue weighted by Gasteiger charge is -2.06. The molecule has 18 heavy (non-hydrogen) atoms. The van der Waals surface area contributed by atoms with Crippen molar-refractivity contribution in [2.45, 2.75) is 19.4 Å². The zero-order valence-electron chi connectivity index (χ0n) is 9.73. The summed E-state index contributed by atoms with van der Waals surface area (Å²) in [5.74, 6) is -0.0297. The summed E-state index contributed by atoms with van der Waals surface area (Å²) in [6.07, 6.45) is 3.86. The number of amides is 1. The molecule has 1 aromatic heterocycles. The third-order valence-corrected chi connectivity index (χ3v) is 2.89. The van der Waals surface area contributed by atoms with Gasteiger partial charge < -0.3 is 9.73 Å². The molecular formula is C13H13ClN2O2. The number of nitrogens with one attached hydrogen (secondary N) is 1. The third kappa shape index (κ3) is 3.60. The average molecular weight is 265 g/mol. The molecule has 0 bridgehead atoms. The molecule has 1 amide bonds. The minimum Gasteiger partial charge on any atom is -0.451 e. The number of nitrogens with zero attached hydrogens (tertiary/aromatic N) is 1. The summed E-state index contributed by atoms with van der Waals surface area (Å²) in [7, 11) is 0. The molecule has 4 nitrogen and oxygen atoms in total. The van der Waals surface area contributed by atoms with E-state index < -0.39 is 0 Å². The molecule has 0 aliphatic carbocycles. The summed E-state index contributed by atoms with van der Waals surface area (Å²) in [6.45, 7) is 0.442. The van der Waals surface area contributed by atoms with Crippen LogP contribution in [0.1, 0.15) is 17.7 Å². The number of benzene rings is 1. The highest BCUT2D eigenvalue weighted by Crippen LogP contribution is 2.14. The predicted molar refractivity (Wildman–Crippen MR) is 68.1 cm³/mol. The van der Waals surface area contributed by atoms with Crippen LogP contribution in [0.25, 0.3) is 0 Å². The van der Waals surface area contributed by atoms with E-state index in [1.165, 1.54) is 6.39 Å². The number of aromatic nitrogens is 1. The Kier molecular flexibility index (Phi) is 4.36. The molecule has 1 aromatic carbocycles. The average Bonchev–Trinajstić information content (AvgIpc) is 2.88. The summed E-state index contributed by atoms with van der Waals surface area (Å²) in [4.78, 5) is 15.6. The van der Waals surface area contributed by atoms with Crippen LogP contribution in [0.4, 0.5) is 0 Å². The van der Waals surface area contributed by atoms with Crippen molar-refractivity contribution >= 4 is 17.5 Å². The number of rotatable bonds is 5. The smallest absolute Gasteiger partial charge is 0.220 e. The first kappa shape index (κ1) is 12.6. The van der Waals surface area contributed by atoms with Crippen molar-refractivity contribution in [3.63, 3.8) is 0 Å². The second-order valence-electron chi connectivity index (χ2n) is 3.85. The van der Waals surface area contributed by atoms with Gasteiger partial charge in [0.25, 0.3) is 0 Å². The zero-order valence-corrected chi connectivity index (χ0v) is 10.5. The highest BCUT2D eigenvalue weighted by molar-refractivity contribution is 6.31. The van der Waals surface area contributed by atoms with Crippen LogP contribution < -0.4 is 5.32 Å². The van der Waals surface area contributed by atoms with Crippen LogP contribution in [0, 0.1) is 0 Å². The number of halogens is 1. The molecule has 5 heteroatoms. The first-order valence-electron chi connectivity index (χ1n) is 5.63. The molecule has 0 atom stereocenters. The molecule has 0 spiro atoms. The highest BCUT2D eigenvalue weighted by atomic mass is 35.5. The molecule has 0 saturated heterocycles. The van der Waals surface area contributed by atoms with Crippen LogP contribution in [0.15, 0.2) is 41.3 Å². The SMILES string of the molecule is O=C(CCc1cocn1)NCc1ccccc1Cl. The Balaban J connectivity index is 1.77. The Bertz CT molecular complexity index is 511. The van der Waals surface area contributed by atoms with E-state index in [0.717, 1.165) is 11.3 Å². The molecule has 0 aliphatic rings. The van der Waals surface area contributed by atoms with Gasteiger partial charge in [0.2, 0.25) is 5.91 Å². The lowest BCUT2D eigenvalue weighted by atomic mass is 10.2. The van der Waals surface area contributed by atoms with Crippen LogP contribution in [0.3, 0.4) is 0 Å². The van der Waals surface area contributed by atoms with Gasteiger partial charge in [-0.1, -0.05) is 29.8 Å². The van der Waals surface area contributed by atoms with E-state index >= 15 is 0 Å². The van der Waals surface area contributed by atoms with Gasteiger partial charge in [-0.05, 0) is 11.6 Å². The summed E-state index contributed by atoms with van der Waals surface area (Å²) in [5, 5.41) is 3.48. The summed E-state index contributed by atoms with van der Waals surface area (Å²) in [5.41, 5.74) is 1.69. The largest absolute Gasteiger partial charge is 0.451 e. The van der Waals surface area contributed by atoms with Crippen molar-refractivity contribution in [1.82, 2.24) is 10.3 Å². The van der Waals surface area contributed by atoms with Gasteiger partial charge in [0.1, 0.15) is 6.26 Å². The van der Waals surface area contributed by atoms with E-state index in [9.17, 15) is 4.79 Å². The fraction of sp³-hybridized carbons (Fsp3) is 0.231. The van der Waals surface area contributed by atoms with E-state index in [4.69, 9.17) is 16.0 Å². The zero-order chi connectivity index (χ0) is 12.8. The number of hydrogen-bond donors (Lipinski definition) is 1. The van der Waals surface area contributed by atoms with Crippen molar-refractivity contribution < 1.29 is 9.21 Å². The second kappa shape index (κ2) is 6.21. The van der Waals surface area contributed by atoms with Gasteiger partial charge in [0.15, 0.2) is 6.39 Å². The Hall–Kier alpha value is -1.81. The molecule has 2 rings (SSSR count). The molecule has 0 radical (unpaired) electrons. The van der Waals surface area contributed by atoms with Gasteiger partial charge >= 0.3 is 0 Å². The van der Waals surface area contributed by atoms with Crippen LogP contribution in [0.2, 0.25) is 5.02 Å². The van der Waals surface area contributed by atoms with Crippen molar-refractivity contribution in [2.24, 2.45) is 0 Å². The lowest BCUT2D eigenvalue weighted by molar-refractivity contribution is -0.121. The second-order valence-corrected chi connectivity index (χ2v) is 4.26. The molecule has 94 valence electrons. The molecule has 2 aromatic rings. The Morgan fingerprint density at radius 1 is 1.39 bits per heavy atom. The van der Waals surface area contributed by atoms with Crippen LogP contribution in [-0.4, -0.2) is 10.9 Å². The minimum absolute atomic E-state index is 0.0297. The maximum atomic E-state index is 11.6. The van der Waals surface area contributed by atoms with Gasteiger partial charge in [-0.3, -0.25) is 4.79 Å². The highest BCUT2D eigenvalue weighted by Gasteiger charge is 2.05.